The van der Waals surface area contributed by atoms with Gasteiger partial charge in [0, 0.05) is 41.6 Å². The van der Waals surface area contributed by atoms with Gasteiger partial charge in [0.1, 0.15) is 6.10 Å². The molecule has 3 rings (SSSR count). The number of likely N-dealkylation sites (N-methyl/N-ethyl adjacent to an activating group) is 1. The molecule has 0 saturated heterocycles. The third kappa shape index (κ3) is 6.61. The third-order valence-corrected chi connectivity index (χ3v) is 8.34. The van der Waals surface area contributed by atoms with Gasteiger partial charge in [-0.15, -0.1) is 11.3 Å². The fourth-order valence-corrected chi connectivity index (χ4v) is 5.26. The van der Waals surface area contributed by atoms with Crippen LogP contribution in [0.4, 0.5) is 5.13 Å². The Morgan fingerprint density at radius 3 is 2.70 bits per heavy atom. The minimum atomic E-state index is -2.71. The number of aromatic nitrogens is 1. The molecule has 1 saturated carbocycles. The number of aliphatic hydroxyl groups is 1. The van der Waals surface area contributed by atoms with E-state index in [4.69, 9.17) is 9.57 Å². The van der Waals surface area contributed by atoms with Crippen LogP contribution in [0.15, 0.2) is 40.5 Å². The second-order valence-electron chi connectivity index (χ2n) is 7.87. The highest BCUT2D eigenvalue weighted by atomic mass is 32.2. The highest BCUT2D eigenvalue weighted by Crippen LogP contribution is 2.23. The summed E-state index contributed by atoms with van der Waals surface area (Å²) >= 11 is 1.35. The van der Waals surface area contributed by atoms with E-state index in [1.807, 2.05) is 6.92 Å². The van der Waals surface area contributed by atoms with Crippen molar-refractivity contribution in [2.24, 2.45) is 5.16 Å². The quantitative estimate of drug-likeness (QED) is 0.298. The normalized spacial score (nSPS) is 20.6. The van der Waals surface area contributed by atoms with E-state index in [1.165, 1.54) is 11.3 Å². The largest absolute Gasteiger partial charge is 0.393 e. The second kappa shape index (κ2) is 11.2. The molecule has 2 N–H and O–H groups in total. The number of methoxy groups -OCH3 is 1. The Bertz CT molecular complexity index is 1080. The lowest BCUT2D eigenvalue weighted by molar-refractivity contribution is -0.110. The van der Waals surface area contributed by atoms with Gasteiger partial charge >= 0.3 is 0 Å². The first-order chi connectivity index (χ1) is 15.7. The van der Waals surface area contributed by atoms with E-state index in [2.05, 4.69) is 21.3 Å². The summed E-state index contributed by atoms with van der Waals surface area (Å²) < 4.78 is 19.9. The molecule has 1 aromatic heterocycles. The van der Waals surface area contributed by atoms with Gasteiger partial charge < -0.3 is 14.7 Å². The lowest BCUT2D eigenvalue weighted by atomic mass is 10.1. The van der Waals surface area contributed by atoms with Crippen LogP contribution in [0, 0.1) is 6.92 Å². The summed E-state index contributed by atoms with van der Waals surface area (Å²) in [4.78, 5) is 24.3. The Morgan fingerprint density at radius 2 is 2.12 bits per heavy atom. The Labute approximate surface area is 198 Å². The summed E-state index contributed by atoms with van der Waals surface area (Å²) in [5.41, 5.74) is 0.567. The molecule has 11 heteroatoms. The molecule has 1 heterocycles. The number of ether oxygens (including phenoxy) is 1. The second-order valence-corrected chi connectivity index (χ2v) is 11.5. The Balaban J connectivity index is 1.83. The van der Waals surface area contributed by atoms with Crippen LogP contribution in [0.2, 0.25) is 0 Å². The van der Waals surface area contributed by atoms with Gasteiger partial charge in [0.15, 0.2) is 10.8 Å². The molecule has 1 aliphatic carbocycles. The highest BCUT2D eigenvalue weighted by Gasteiger charge is 2.26. The summed E-state index contributed by atoms with van der Waals surface area (Å²) in [6.07, 6.45) is 2.79. The van der Waals surface area contributed by atoms with Gasteiger partial charge in [0.05, 0.1) is 22.4 Å². The number of hydrogen-bond donors (Lipinski definition) is 2. The van der Waals surface area contributed by atoms with Crippen LogP contribution in [0.1, 0.15) is 29.7 Å². The van der Waals surface area contributed by atoms with Gasteiger partial charge in [0.2, 0.25) is 0 Å². The van der Waals surface area contributed by atoms with E-state index < -0.39 is 21.7 Å². The number of benzene rings is 1. The van der Waals surface area contributed by atoms with Crippen molar-refractivity contribution in [2.45, 2.75) is 43.3 Å². The van der Waals surface area contributed by atoms with Crippen LogP contribution in [0.3, 0.4) is 0 Å². The summed E-state index contributed by atoms with van der Waals surface area (Å²) in [7, 11) is 0.603. The first kappa shape index (κ1) is 25.3. The van der Waals surface area contributed by atoms with E-state index in [9.17, 15) is 14.1 Å². The van der Waals surface area contributed by atoms with Crippen molar-refractivity contribution in [3.05, 3.63) is 40.9 Å². The lowest BCUT2D eigenvalue weighted by Crippen LogP contribution is -2.30. The van der Waals surface area contributed by atoms with E-state index in [0.717, 1.165) is 4.88 Å². The fraction of sp³-hybridized carbons (Fsp3) is 0.455. The Morgan fingerprint density at radius 1 is 1.39 bits per heavy atom. The monoisotopic (exact) mass is 494 g/mol. The molecule has 3 atom stereocenters. The molecule has 33 heavy (non-hydrogen) atoms. The number of rotatable bonds is 10. The standard InChI is InChI=1S/C22H30N4O5S2/c1-15-14-23-22(32-15)24-21(28)20(25-31-18-8-7-17(27)13-18)16-5-9-19(10-6-16)33(4,29)26(2)11-12-30-3/h5-6,9-10,14,17-18,27H,4,7-8,11-13H2,1-3H3,(H,23,24,28)/b25-20+/t17-,18-,33?/m1/s1. The summed E-state index contributed by atoms with van der Waals surface area (Å²) in [6.45, 7) is 2.79. The van der Waals surface area contributed by atoms with Gasteiger partial charge in [-0.05, 0) is 44.8 Å². The number of carbonyl (C=O) groups excluding carboxylic acids is 1. The Hall–Kier alpha value is -2.31. The number of carbonyl (C=O) groups is 1. The lowest BCUT2D eigenvalue weighted by Gasteiger charge is -2.21. The maximum absolute atomic E-state index is 13.2. The molecule has 0 radical (unpaired) electrons. The molecule has 0 spiro atoms. The number of amides is 1. The van der Waals surface area contributed by atoms with Gasteiger partial charge in [-0.3, -0.25) is 10.1 Å². The molecule has 1 amide bonds. The number of hydrogen-bond acceptors (Lipinski definition) is 8. The molecular formula is C22H30N4O5S2. The molecule has 2 aromatic rings. The van der Waals surface area contributed by atoms with Crippen LogP contribution >= 0.6 is 11.3 Å². The van der Waals surface area contributed by atoms with Gasteiger partial charge in [-0.2, -0.15) is 0 Å². The smallest absolute Gasteiger partial charge is 0.280 e. The molecule has 1 aromatic carbocycles. The summed E-state index contributed by atoms with van der Waals surface area (Å²) in [5.74, 6) is 3.42. The van der Waals surface area contributed by atoms with Gasteiger partial charge in [-0.1, -0.05) is 17.3 Å². The van der Waals surface area contributed by atoms with Crippen LogP contribution < -0.4 is 5.32 Å². The fourth-order valence-electron chi connectivity index (χ4n) is 3.31. The van der Waals surface area contributed by atoms with Crippen LogP contribution in [0.25, 0.3) is 0 Å². The number of anilines is 1. The van der Waals surface area contributed by atoms with Crippen molar-refractivity contribution in [1.29, 1.82) is 0 Å². The maximum Gasteiger partial charge on any atom is 0.280 e. The average molecular weight is 495 g/mol. The van der Waals surface area contributed by atoms with Crippen molar-refractivity contribution >= 4 is 43.7 Å². The molecule has 0 bridgehead atoms. The van der Waals surface area contributed by atoms with Crippen molar-refractivity contribution < 1.29 is 23.7 Å². The predicted octanol–water partition coefficient (Wildman–Crippen LogP) is 2.29. The summed E-state index contributed by atoms with van der Waals surface area (Å²) in [6, 6.07) is 6.68. The Kier molecular flexibility index (Phi) is 8.60. The average Bonchev–Trinajstić information content (AvgIpc) is 3.39. The molecule has 9 nitrogen and oxygen atoms in total. The van der Waals surface area contributed by atoms with E-state index >= 15 is 0 Å². The predicted molar refractivity (Wildman–Crippen MR) is 131 cm³/mol. The minimum absolute atomic E-state index is 0.0686. The first-order valence-corrected chi connectivity index (χ1v) is 13.0. The van der Waals surface area contributed by atoms with Crippen molar-refractivity contribution in [1.82, 2.24) is 9.29 Å². The van der Waals surface area contributed by atoms with E-state index in [-0.39, 0.29) is 11.8 Å². The highest BCUT2D eigenvalue weighted by molar-refractivity contribution is 7.98. The van der Waals surface area contributed by atoms with E-state index in [0.29, 0.717) is 48.0 Å². The minimum Gasteiger partial charge on any atom is -0.393 e. The van der Waals surface area contributed by atoms with E-state index in [1.54, 1.807) is 48.9 Å². The number of aryl methyl sites for hydroxylation is 1. The van der Waals surface area contributed by atoms with Crippen LogP contribution in [-0.2, 0) is 24.1 Å². The number of oxime groups is 1. The number of nitrogens with zero attached hydrogens (tertiary/aromatic N) is 3. The molecule has 1 fully saturated rings. The molecule has 0 aliphatic heterocycles. The molecule has 180 valence electrons. The van der Waals surface area contributed by atoms with Crippen LogP contribution in [0.5, 0.6) is 0 Å². The van der Waals surface area contributed by atoms with Crippen LogP contribution in [-0.4, -0.2) is 75.6 Å². The third-order valence-electron chi connectivity index (χ3n) is 5.32. The zero-order chi connectivity index (χ0) is 24.0. The zero-order valence-corrected chi connectivity index (χ0v) is 20.7. The molecule has 1 unspecified atom stereocenters. The van der Waals surface area contributed by atoms with Crippen molar-refractivity contribution in [3.8, 4) is 0 Å². The summed E-state index contributed by atoms with van der Waals surface area (Å²) in [5, 5.41) is 17.1. The molecule has 1 aliphatic rings. The maximum atomic E-state index is 13.2. The first-order valence-electron chi connectivity index (χ1n) is 10.5. The van der Waals surface area contributed by atoms with Crippen molar-refractivity contribution in [3.63, 3.8) is 0 Å². The number of aliphatic hydroxyl groups excluding tert-OH is 1. The SMILES string of the molecule is C=S(=O)(c1ccc(/C(=N\O[C@@H]2CC[C@@H](O)C2)C(=O)Nc2ncc(C)s2)cc1)N(C)CCOC. The molecular weight excluding hydrogens is 464 g/mol. The number of thiazole rings is 1. The van der Waals surface area contributed by atoms with Gasteiger partial charge in [0.25, 0.3) is 5.91 Å². The van der Waals surface area contributed by atoms with Crippen molar-refractivity contribution in [2.75, 3.05) is 32.6 Å². The topological polar surface area (TPSA) is 113 Å². The number of nitrogens with one attached hydrogen (secondary N) is 1. The van der Waals surface area contributed by atoms with Gasteiger partial charge in [-0.25, -0.2) is 13.5 Å². The zero-order valence-electron chi connectivity index (χ0n) is 19.0.